The van der Waals surface area contributed by atoms with Crippen LogP contribution in [0.4, 0.5) is 4.79 Å². The van der Waals surface area contributed by atoms with E-state index in [4.69, 9.17) is 0 Å². The van der Waals surface area contributed by atoms with Crippen LogP contribution < -0.4 is 10.6 Å². The third-order valence-electron chi connectivity index (χ3n) is 2.65. The van der Waals surface area contributed by atoms with E-state index in [1.807, 2.05) is 12.1 Å². The number of hydrogen-bond donors (Lipinski definition) is 2. The summed E-state index contributed by atoms with van der Waals surface area (Å²) in [5.41, 5.74) is 1.29. The lowest BCUT2D eigenvalue weighted by Crippen LogP contribution is -2.36. The van der Waals surface area contributed by atoms with Crippen LogP contribution >= 0.6 is 11.3 Å². The fraction of sp³-hybridized carbons (Fsp3) is 0.214. The van der Waals surface area contributed by atoms with E-state index < -0.39 is 0 Å². The summed E-state index contributed by atoms with van der Waals surface area (Å²) in [6.45, 7) is 4.68. The van der Waals surface area contributed by atoms with Gasteiger partial charge in [0.2, 0.25) is 0 Å². The minimum Gasteiger partial charge on any atom is -0.338 e. The van der Waals surface area contributed by atoms with Crippen molar-refractivity contribution in [1.82, 2.24) is 10.6 Å². The molecule has 0 bridgehead atoms. The predicted molar refractivity (Wildman–Crippen MR) is 77.1 cm³/mol. The number of nitrogens with one attached hydrogen (secondary N) is 2. The molecule has 1 heterocycles. The smallest absolute Gasteiger partial charge is 0.315 e. The van der Waals surface area contributed by atoms with E-state index in [1.54, 1.807) is 17.4 Å². The first-order chi connectivity index (χ1) is 8.81. The average Bonchev–Trinajstić information content (AvgIpc) is 2.80. The Morgan fingerprint density at radius 3 is 3.00 bits per heavy atom. The van der Waals surface area contributed by atoms with Crippen LogP contribution in [0.15, 0.2) is 42.3 Å². The molecule has 2 N–H and O–H groups in total. The topological polar surface area (TPSA) is 41.1 Å². The van der Waals surface area contributed by atoms with E-state index >= 15 is 0 Å². The molecular weight excluding hydrogens is 244 g/mol. The molecule has 0 aliphatic heterocycles. The van der Waals surface area contributed by atoms with Crippen molar-refractivity contribution in [2.75, 3.05) is 13.1 Å². The van der Waals surface area contributed by atoms with Crippen LogP contribution in [-0.2, 0) is 6.42 Å². The molecule has 0 saturated heterocycles. The Morgan fingerprint density at radius 1 is 1.33 bits per heavy atom. The second-order valence-electron chi connectivity index (χ2n) is 3.93. The van der Waals surface area contributed by atoms with Crippen molar-refractivity contribution in [2.45, 2.75) is 6.42 Å². The van der Waals surface area contributed by atoms with Gasteiger partial charge in [0.25, 0.3) is 0 Å². The average molecular weight is 260 g/mol. The SMILES string of the molecule is C=CCNC(=O)NCCc1csc2ccccc12. The summed E-state index contributed by atoms with van der Waals surface area (Å²) < 4.78 is 1.30. The summed E-state index contributed by atoms with van der Waals surface area (Å²) in [6, 6.07) is 8.19. The van der Waals surface area contributed by atoms with Gasteiger partial charge in [0.05, 0.1) is 0 Å². The maximum absolute atomic E-state index is 11.3. The summed E-state index contributed by atoms with van der Waals surface area (Å²) in [5.74, 6) is 0. The Morgan fingerprint density at radius 2 is 2.17 bits per heavy atom. The van der Waals surface area contributed by atoms with Crippen molar-refractivity contribution < 1.29 is 4.79 Å². The van der Waals surface area contributed by atoms with Gasteiger partial charge in [0.15, 0.2) is 0 Å². The van der Waals surface area contributed by atoms with Gasteiger partial charge in [-0.15, -0.1) is 17.9 Å². The summed E-state index contributed by atoms with van der Waals surface area (Å²) in [6.07, 6.45) is 2.51. The van der Waals surface area contributed by atoms with Crippen LogP contribution in [0.5, 0.6) is 0 Å². The highest BCUT2D eigenvalue weighted by molar-refractivity contribution is 7.17. The van der Waals surface area contributed by atoms with Crippen molar-refractivity contribution in [3.05, 3.63) is 47.9 Å². The maximum atomic E-state index is 11.3. The van der Waals surface area contributed by atoms with Gasteiger partial charge in [0.1, 0.15) is 0 Å². The van der Waals surface area contributed by atoms with Gasteiger partial charge in [-0.3, -0.25) is 0 Å². The highest BCUT2D eigenvalue weighted by Gasteiger charge is 2.03. The van der Waals surface area contributed by atoms with Gasteiger partial charge in [-0.2, -0.15) is 0 Å². The molecule has 0 atom stereocenters. The number of urea groups is 1. The molecule has 18 heavy (non-hydrogen) atoms. The first-order valence-corrected chi connectivity index (χ1v) is 6.77. The maximum Gasteiger partial charge on any atom is 0.315 e. The first kappa shape index (κ1) is 12.6. The molecule has 0 unspecified atom stereocenters. The fourth-order valence-electron chi connectivity index (χ4n) is 1.76. The minimum absolute atomic E-state index is 0.144. The molecule has 2 aromatic rings. The quantitative estimate of drug-likeness (QED) is 0.797. The minimum atomic E-state index is -0.144. The Bertz CT molecular complexity index is 547. The zero-order valence-corrected chi connectivity index (χ0v) is 10.9. The highest BCUT2D eigenvalue weighted by atomic mass is 32.1. The molecular formula is C14H16N2OS. The lowest BCUT2D eigenvalue weighted by atomic mass is 10.1. The van der Waals surface area contributed by atoms with Crippen molar-refractivity contribution in [3.8, 4) is 0 Å². The van der Waals surface area contributed by atoms with Gasteiger partial charge >= 0.3 is 6.03 Å². The second-order valence-corrected chi connectivity index (χ2v) is 4.84. The molecule has 3 nitrogen and oxygen atoms in total. The molecule has 4 heteroatoms. The molecule has 2 rings (SSSR count). The molecule has 0 radical (unpaired) electrons. The van der Waals surface area contributed by atoms with E-state index in [-0.39, 0.29) is 6.03 Å². The Kier molecular flexibility index (Phi) is 4.36. The van der Waals surface area contributed by atoms with Gasteiger partial charge < -0.3 is 10.6 Å². The van der Waals surface area contributed by atoms with Crippen LogP contribution in [-0.4, -0.2) is 19.1 Å². The van der Waals surface area contributed by atoms with E-state index in [0.717, 1.165) is 6.42 Å². The summed E-state index contributed by atoms with van der Waals surface area (Å²) in [4.78, 5) is 11.3. The number of thiophene rings is 1. The largest absolute Gasteiger partial charge is 0.338 e. The Labute approximate surface area is 111 Å². The van der Waals surface area contributed by atoms with E-state index in [0.29, 0.717) is 13.1 Å². The normalized spacial score (nSPS) is 10.2. The molecule has 0 aliphatic rings. The van der Waals surface area contributed by atoms with Gasteiger partial charge in [-0.25, -0.2) is 4.79 Å². The standard InChI is InChI=1S/C14H16N2OS/c1-2-8-15-14(17)16-9-7-11-10-18-13-6-4-3-5-12(11)13/h2-6,10H,1,7-9H2,(H2,15,16,17). The number of amides is 2. The summed E-state index contributed by atoms with van der Waals surface area (Å²) in [5, 5.41) is 8.96. The van der Waals surface area contributed by atoms with Crippen molar-refractivity contribution in [2.24, 2.45) is 0 Å². The number of benzene rings is 1. The number of fused-ring (bicyclic) bond motifs is 1. The number of rotatable bonds is 5. The number of hydrogen-bond acceptors (Lipinski definition) is 2. The zero-order chi connectivity index (χ0) is 12.8. The van der Waals surface area contributed by atoms with Crippen LogP contribution in [0.2, 0.25) is 0 Å². The van der Waals surface area contributed by atoms with Gasteiger partial charge in [-0.05, 0) is 28.8 Å². The third kappa shape index (κ3) is 3.11. The van der Waals surface area contributed by atoms with E-state index in [1.165, 1.54) is 15.6 Å². The highest BCUT2D eigenvalue weighted by Crippen LogP contribution is 2.25. The molecule has 2 amide bonds. The molecule has 94 valence electrons. The van der Waals surface area contributed by atoms with Gasteiger partial charge in [-0.1, -0.05) is 24.3 Å². The molecule has 0 saturated carbocycles. The lowest BCUT2D eigenvalue weighted by Gasteiger charge is -2.05. The summed E-state index contributed by atoms with van der Waals surface area (Å²) >= 11 is 1.75. The number of carbonyl (C=O) groups is 1. The molecule has 1 aromatic heterocycles. The Hall–Kier alpha value is -1.81. The third-order valence-corrected chi connectivity index (χ3v) is 3.66. The van der Waals surface area contributed by atoms with Gasteiger partial charge in [0, 0.05) is 17.8 Å². The first-order valence-electron chi connectivity index (χ1n) is 5.89. The predicted octanol–water partition coefficient (Wildman–Crippen LogP) is 2.93. The van der Waals surface area contributed by atoms with Crippen LogP contribution in [0.3, 0.4) is 0 Å². The lowest BCUT2D eigenvalue weighted by molar-refractivity contribution is 0.242. The zero-order valence-electron chi connectivity index (χ0n) is 10.1. The van der Waals surface area contributed by atoms with E-state index in [2.05, 4.69) is 34.7 Å². The van der Waals surface area contributed by atoms with E-state index in [9.17, 15) is 4.79 Å². The molecule has 0 spiro atoms. The van der Waals surface area contributed by atoms with Crippen LogP contribution in [0.1, 0.15) is 5.56 Å². The summed E-state index contributed by atoms with van der Waals surface area (Å²) in [7, 11) is 0. The fourth-order valence-corrected chi connectivity index (χ4v) is 2.76. The van der Waals surface area contributed by atoms with Crippen molar-refractivity contribution in [3.63, 3.8) is 0 Å². The van der Waals surface area contributed by atoms with Crippen LogP contribution in [0.25, 0.3) is 10.1 Å². The van der Waals surface area contributed by atoms with Crippen LogP contribution in [0, 0.1) is 0 Å². The van der Waals surface area contributed by atoms with Crippen molar-refractivity contribution in [1.29, 1.82) is 0 Å². The Balaban J connectivity index is 1.87. The second kappa shape index (κ2) is 6.21. The number of carbonyl (C=O) groups excluding carboxylic acids is 1. The monoisotopic (exact) mass is 260 g/mol. The van der Waals surface area contributed by atoms with Crippen molar-refractivity contribution >= 4 is 27.5 Å². The molecule has 0 fully saturated rings. The molecule has 0 aliphatic carbocycles. The molecule has 1 aromatic carbocycles.